The van der Waals surface area contributed by atoms with Gasteiger partial charge in [-0.15, -0.1) is 0 Å². The Bertz CT molecular complexity index is 383. The predicted molar refractivity (Wildman–Crippen MR) is 105 cm³/mol. The fraction of sp³-hybridized carbons (Fsp3) is 0.818. The molecule has 0 aromatic rings. The average Bonchev–Trinajstić information content (AvgIpc) is 2.59. The van der Waals surface area contributed by atoms with Crippen molar-refractivity contribution in [3.05, 3.63) is 12.2 Å². The Labute approximate surface area is 188 Å². The summed E-state index contributed by atoms with van der Waals surface area (Å²) in [6.45, 7) is 4.20. The topological polar surface area (TPSA) is 66.4 Å². The maximum atomic E-state index is 11.8. The number of unbranched alkanes of at least 4 members (excludes halogenated alkanes) is 8. The second-order valence-electron chi connectivity index (χ2n) is 7.10. The summed E-state index contributed by atoms with van der Waals surface area (Å²) in [7, 11) is 0. The maximum Gasteiger partial charge on any atom is 1.00 e. The molecule has 0 amide bonds. The number of carboxylic acid groups (broad SMARTS) is 1. The van der Waals surface area contributed by atoms with E-state index in [-0.39, 0.29) is 48.1 Å². The van der Waals surface area contributed by atoms with Gasteiger partial charge in [-0.1, -0.05) is 64.5 Å². The predicted octanol–water partition coefficient (Wildman–Crippen LogP) is 2.10. The SMILES string of the molecule is CCCCCCC(C/C=C/CCCCCCCC(=O)[O-])OC(=O)CCC.[Na+]. The van der Waals surface area contributed by atoms with Crippen LogP contribution in [0.2, 0.25) is 0 Å². The maximum absolute atomic E-state index is 11.8. The van der Waals surface area contributed by atoms with Crippen LogP contribution in [-0.2, 0) is 14.3 Å². The van der Waals surface area contributed by atoms with E-state index in [1.54, 1.807) is 0 Å². The van der Waals surface area contributed by atoms with E-state index in [0.717, 1.165) is 64.2 Å². The van der Waals surface area contributed by atoms with Crippen molar-refractivity contribution in [3.8, 4) is 0 Å². The summed E-state index contributed by atoms with van der Waals surface area (Å²) in [5, 5.41) is 10.3. The Morgan fingerprint density at radius 1 is 0.852 bits per heavy atom. The zero-order valence-corrected chi connectivity index (χ0v) is 20.0. The van der Waals surface area contributed by atoms with Gasteiger partial charge in [0.15, 0.2) is 0 Å². The summed E-state index contributed by atoms with van der Waals surface area (Å²) in [6.07, 6.45) is 18.5. The van der Waals surface area contributed by atoms with E-state index >= 15 is 0 Å². The van der Waals surface area contributed by atoms with Gasteiger partial charge in [-0.3, -0.25) is 4.79 Å². The summed E-state index contributed by atoms with van der Waals surface area (Å²) < 4.78 is 5.62. The number of rotatable bonds is 18. The molecular formula is C22H39NaO4. The Morgan fingerprint density at radius 2 is 1.52 bits per heavy atom. The van der Waals surface area contributed by atoms with Crippen LogP contribution < -0.4 is 34.7 Å². The molecule has 0 aromatic carbocycles. The molecule has 0 saturated carbocycles. The van der Waals surface area contributed by atoms with Crippen molar-refractivity contribution < 1.29 is 49.0 Å². The molecule has 4 nitrogen and oxygen atoms in total. The van der Waals surface area contributed by atoms with Gasteiger partial charge in [0.2, 0.25) is 0 Å². The van der Waals surface area contributed by atoms with Crippen molar-refractivity contribution >= 4 is 11.9 Å². The van der Waals surface area contributed by atoms with E-state index in [1.807, 2.05) is 6.92 Å². The van der Waals surface area contributed by atoms with Crippen molar-refractivity contribution in [2.45, 2.75) is 116 Å². The normalized spacial score (nSPS) is 11.9. The summed E-state index contributed by atoms with van der Waals surface area (Å²) in [5.74, 6) is -1.02. The Hall–Kier alpha value is -0.320. The molecule has 0 bridgehead atoms. The summed E-state index contributed by atoms with van der Waals surface area (Å²) in [4.78, 5) is 22.1. The van der Waals surface area contributed by atoms with E-state index in [9.17, 15) is 14.7 Å². The molecule has 5 heteroatoms. The van der Waals surface area contributed by atoms with Crippen LogP contribution in [0.4, 0.5) is 0 Å². The van der Waals surface area contributed by atoms with Gasteiger partial charge in [-0.05, 0) is 44.9 Å². The quantitative estimate of drug-likeness (QED) is 0.156. The molecule has 1 atom stereocenters. The number of carboxylic acids is 1. The van der Waals surface area contributed by atoms with Gasteiger partial charge in [0.25, 0.3) is 0 Å². The first-order valence-electron chi connectivity index (χ1n) is 10.6. The third-order valence-electron chi connectivity index (χ3n) is 4.45. The van der Waals surface area contributed by atoms with Crippen molar-refractivity contribution in [1.29, 1.82) is 0 Å². The minimum absolute atomic E-state index is 0. The molecule has 27 heavy (non-hydrogen) atoms. The van der Waals surface area contributed by atoms with Crippen LogP contribution in [-0.4, -0.2) is 18.0 Å². The first-order chi connectivity index (χ1) is 12.6. The third-order valence-corrected chi connectivity index (χ3v) is 4.45. The third kappa shape index (κ3) is 21.8. The molecule has 0 rings (SSSR count). The largest absolute Gasteiger partial charge is 1.00 e. The smallest absolute Gasteiger partial charge is 0.550 e. The molecule has 0 saturated heterocycles. The van der Waals surface area contributed by atoms with Gasteiger partial charge >= 0.3 is 35.5 Å². The monoisotopic (exact) mass is 390 g/mol. The molecular weight excluding hydrogens is 351 g/mol. The molecule has 0 aromatic heterocycles. The van der Waals surface area contributed by atoms with E-state index in [0.29, 0.717) is 6.42 Å². The van der Waals surface area contributed by atoms with E-state index in [2.05, 4.69) is 19.1 Å². The standard InChI is InChI=1S/C22H40O4.Na/c1-3-5-6-13-17-20(26-22(25)16-4-2)18-14-11-9-7-8-10-12-15-19-21(23)24;/h11,14,20H,3-10,12-13,15-19H2,1-2H3,(H,23,24);/q;+1/p-1/b14-11+;. The number of carbonyl (C=O) groups is 2. The Balaban J connectivity index is 0. The van der Waals surface area contributed by atoms with Gasteiger partial charge in [0, 0.05) is 18.8 Å². The van der Waals surface area contributed by atoms with Gasteiger partial charge in [-0.2, -0.15) is 0 Å². The number of aliphatic carboxylic acids is 1. The van der Waals surface area contributed by atoms with Crippen LogP contribution in [0.1, 0.15) is 110 Å². The fourth-order valence-corrected chi connectivity index (χ4v) is 2.90. The van der Waals surface area contributed by atoms with Crippen LogP contribution in [0.25, 0.3) is 0 Å². The van der Waals surface area contributed by atoms with Crippen LogP contribution >= 0.6 is 0 Å². The molecule has 0 radical (unpaired) electrons. The molecule has 0 heterocycles. The summed E-state index contributed by atoms with van der Waals surface area (Å²) >= 11 is 0. The van der Waals surface area contributed by atoms with Crippen molar-refractivity contribution in [2.24, 2.45) is 0 Å². The van der Waals surface area contributed by atoms with Crippen molar-refractivity contribution in [1.82, 2.24) is 0 Å². The first-order valence-corrected chi connectivity index (χ1v) is 10.6. The van der Waals surface area contributed by atoms with Crippen LogP contribution in [0.5, 0.6) is 0 Å². The van der Waals surface area contributed by atoms with Crippen LogP contribution in [0, 0.1) is 0 Å². The van der Waals surface area contributed by atoms with Gasteiger partial charge in [-0.25, -0.2) is 0 Å². The molecule has 0 N–H and O–H groups in total. The number of allylic oxidation sites excluding steroid dienone is 1. The van der Waals surface area contributed by atoms with Crippen molar-refractivity contribution in [3.63, 3.8) is 0 Å². The van der Waals surface area contributed by atoms with Gasteiger partial charge in [0.1, 0.15) is 6.10 Å². The molecule has 0 aliphatic rings. The molecule has 0 spiro atoms. The van der Waals surface area contributed by atoms with Crippen LogP contribution in [0.3, 0.4) is 0 Å². The zero-order valence-electron chi connectivity index (χ0n) is 18.0. The average molecular weight is 391 g/mol. The second kappa shape index (κ2) is 22.0. The zero-order chi connectivity index (χ0) is 19.5. The molecule has 0 fully saturated rings. The number of esters is 1. The molecule has 1 unspecified atom stereocenters. The Morgan fingerprint density at radius 3 is 2.19 bits per heavy atom. The molecule has 0 aliphatic carbocycles. The molecule has 0 aliphatic heterocycles. The van der Waals surface area contributed by atoms with E-state index < -0.39 is 5.97 Å². The van der Waals surface area contributed by atoms with E-state index in [1.165, 1.54) is 19.3 Å². The molecule has 152 valence electrons. The van der Waals surface area contributed by atoms with Gasteiger partial charge < -0.3 is 14.6 Å². The Kier molecular flexibility index (Phi) is 23.5. The second-order valence-corrected chi connectivity index (χ2v) is 7.10. The summed E-state index contributed by atoms with van der Waals surface area (Å²) in [6, 6.07) is 0. The number of hydrogen-bond donors (Lipinski definition) is 0. The first kappa shape index (κ1) is 28.9. The minimum atomic E-state index is -0.947. The summed E-state index contributed by atoms with van der Waals surface area (Å²) in [5.41, 5.74) is 0. The number of carbonyl (C=O) groups excluding carboxylic acids is 2. The minimum Gasteiger partial charge on any atom is -0.550 e. The van der Waals surface area contributed by atoms with Gasteiger partial charge in [0.05, 0.1) is 0 Å². The van der Waals surface area contributed by atoms with E-state index in [4.69, 9.17) is 4.74 Å². The fourth-order valence-electron chi connectivity index (χ4n) is 2.90. The number of ether oxygens (including phenoxy) is 1. The van der Waals surface area contributed by atoms with Crippen molar-refractivity contribution in [2.75, 3.05) is 0 Å². The number of hydrogen-bond acceptors (Lipinski definition) is 4. The van der Waals surface area contributed by atoms with Crippen LogP contribution in [0.15, 0.2) is 12.2 Å².